The molecule has 4 rings (SSSR count). The number of carbonyl (C=O) groups excluding carboxylic acids is 1. The zero-order valence-electron chi connectivity index (χ0n) is 15.9. The van der Waals surface area contributed by atoms with Gasteiger partial charge in [-0.1, -0.05) is 23.3 Å². The number of methoxy groups -OCH3 is 2. The average molecular weight is 410 g/mol. The molecule has 0 saturated carbocycles. The molecule has 0 saturated heterocycles. The maximum Gasteiger partial charge on any atom is 0.252 e. The lowest BCUT2D eigenvalue weighted by Gasteiger charge is -2.08. The van der Waals surface area contributed by atoms with Crippen LogP contribution in [0.1, 0.15) is 5.56 Å². The molecule has 0 radical (unpaired) electrons. The molecule has 1 aliphatic rings. The lowest BCUT2D eigenvalue weighted by atomic mass is 10.1. The zero-order valence-corrected chi connectivity index (χ0v) is 16.7. The van der Waals surface area contributed by atoms with E-state index in [9.17, 15) is 4.79 Å². The Kier molecular flexibility index (Phi) is 5.14. The minimum Gasteiger partial charge on any atom is -0.493 e. The van der Waals surface area contributed by atoms with Crippen LogP contribution in [0.25, 0.3) is 10.2 Å². The molecule has 2 heterocycles. The van der Waals surface area contributed by atoms with E-state index in [2.05, 4.69) is 10.9 Å². The third kappa shape index (κ3) is 3.65. The lowest BCUT2D eigenvalue weighted by molar-refractivity contribution is -0.117. The van der Waals surface area contributed by atoms with Gasteiger partial charge >= 0.3 is 0 Å². The molecule has 0 unspecified atom stereocenters. The number of terminal acetylenes is 1. The first-order valence-corrected chi connectivity index (χ1v) is 9.59. The molecular formula is C21H18N2O5S. The lowest BCUT2D eigenvalue weighted by Crippen LogP contribution is -2.17. The molecule has 0 aliphatic carbocycles. The zero-order chi connectivity index (χ0) is 20.4. The summed E-state index contributed by atoms with van der Waals surface area (Å²) in [6.07, 6.45) is 5.68. The molecule has 7 nitrogen and oxygen atoms in total. The van der Waals surface area contributed by atoms with E-state index in [1.165, 1.54) is 11.3 Å². The van der Waals surface area contributed by atoms with Gasteiger partial charge in [0.15, 0.2) is 27.8 Å². The van der Waals surface area contributed by atoms with Gasteiger partial charge in [-0.25, -0.2) is 0 Å². The van der Waals surface area contributed by atoms with Gasteiger partial charge in [0.1, 0.15) is 0 Å². The van der Waals surface area contributed by atoms with Gasteiger partial charge in [0, 0.05) is 12.1 Å². The Balaban J connectivity index is 1.71. The normalized spacial score (nSPS) is 12.8. The number of benzene rings is 2. The Morgan fingerprint density at radius 1 is 1.21 bits per heavy atom. The molecule has 0 spiro atoms. The number of fused-ring (bicyclic) bond motifs is 2. The first kappa shape index (κ1) is 18.9. The van der Waals surface area contributed by atoms with E-state index in [1.54, 1.807) is 26.4 Å². The Hall–Kier alpha value is -3.44. The number of carbonyl (C=O) groups is 1. The highest BCUT2D eigenvalue weighted by molar-refractivity contribution is 7.16. The van der Waals surface area contributed by atoms with Gasteiger partial charge in [0.25, 0.3) is 5.91 Å². The molecule has 29 heavy (non-hydrogen) atoms. The van der Waals surface area contributed by atoms with E-state index in [4.69, 9.17) is 25.4 Å². The SMILES string of the molecule is C#CCn1c(=NC(=O)Cc2ccc3c(c2)OCO3)sc2cc(OC)c(OC)cc21. The summed E-state index contributed by atoms with van der Waals surface area (Å²) in [7, 11) is 3.15. The second kappa shape index (κ2) is 7.89. The van der Waals surface area contributed by atoms with Gasteiger partial charge in [0.2, 0.25) is 6.79 Å². The summed E-state index contributed by atoms with van der Waals surface area (Å²) in [5.74, 6) is 4.84. The second-order valence-electron chi connectivity index (χ2n) is 6.22. The van der Waals surface area contributed by atoms with Crippen molar-refractivity contribution >= 4 is 27.5 Å². The minimum absolute atomic E-state index is 0.146. The Bertz CT molecular complexity index is 1200. The number of thiazole rings is 1. The fourth-order valence-corrected chi connectivity index (χ4v) is 4.15. The van der Waals surface area contributed by atoms with Crippen LogP contribution >= 0.6 is 11.3 Å². The van der Waals surface area contributed by atoms with E-state index in [0.29, 0.717) is 27.8 Å². The molecule has 1 amide bonds. The summed E-state index contributed by atoms with van der Waals surface area (Å²) in [6, 6.07) is 9.11. The summed E-state index contributed by atoms with van der Waals surface area (Å²) in [5, 5.41) is 0. The summed E-state index contributed by atoms with van der Waals surface area (Å²) in [4.78, 5) is 17.4. The van der Waals surface area contributed by atoms with Crippen molar-refractivity contribution in [2.24, 2.45) is 4.99 Å². The van der Waals surface area contributed by atoms with Crippen molar-refractivity contribution < 1.29 is 23.7 Å². The summed E-state index contributed by atoms with van der Waals surface area (Å²) < 4.78 is 24.1. The van der Waals surface area contributed by atoms with Crippen LogP contribution in [0.15, 0.2) is 35.3 Å². The van der Waals surface area contributed by atoms with Gasteiger partial charge in [-0.2, -0.15) is 4.99 Å². The van der Waals surface area contributed by atoms with E-state index >= 15 is 0 Å². The molecule has 0 atom stereocenters. The highest BCUT2D eigenvalue weighted by Gasteiger charge is 2.16. The molecule has 8 heteroatoms. The van der Waals surface area contributed by atoms with Crippen molar-refractivity contribution in [2.75, 3.05) is 21.0 Å². The molecule has 148 valence electrons. The molecule has 1 aromatic heterocycles. The predicted octanol–water partition coefficient (Wildman–Crippen LogP) is 2.75. The largest absolute Gasteiger partial charge is 0.493 e. The summed E-state index contributed by atoms with van der Waals surface area (Å²) in [6.45, 7) is 0.476. The highest BCUT2D eigenvalue weighted by atomic mass is 32.1. The van der Waals surface area contributed by atoms with Gasteiger partial charge in [-0.3, -0.25) is 4.79 Å². The van der Waals surface area contributed by atoms with Crippen LogP contribution in [0.5, 0.6) is 23.0 Å². The molecule has 0 fully saturated rings. The Morgan fingerprint density at radius 2 is 1.97 bits per heavy atom. The van der Waals surface area contributed by atoms with Crippen LogP contribution in [0.2, 0.25) is 0 Å². The number of amides is 1. The van der Waals surface area contributed by atoms with Gasteiger partial charge in [-0.05, 0) is 17.7 Å². The van der Waals surface area contributed by atoms with E-state index in [-0.39, 0.29) is 25.7 Å². The molecule has 3 aromatic rings. The van der Waals surface area contributed by atoms with Crippen molar-refractivity contribution in [3.8, 4) is 35.3 Å². The second-order valence-corrected chi connectivity index (χ2v) is 7.23. The third-order valence-corrected chi connectivity index (χ3v) is 5.49. The maximum atomic E-state index is 12.6. The van der Waals surface area contributed by atoms with Crippen LogP contribution < -0.4 is 23.7 Å². The predicted molar refractivity (Wildman–Crippen MR) is 109 cm³/mol. The number of ether oxygens (including phenoxy) is 4. The van der Waals surface area contributed by atoms with E-state index in [0.717, 1.165) is 15.8 Å². The number of nitrogens with zero attached hydrogens (tertiary/aromatic N) is 2. The quantitative estimate of drug-likeness (QED) is 0.605. The Labute approximate surface area is 171 Å². The minimum atomic E-state index is -0.278. The molecule has 0 bridgehead atoms. The fraction of sp³-hybridized carbons (Fsp3) is 0.238. The van der Waals surface area contributed by atoms with Crippen molar-refractivity contribution in [1.82, 2.24) is 4.57 Å². The molecule has 0 N–H and O–H groups in total. The number of hydrogen-bond donors (Lipinski definition) is 0. The van der Waals surface area contributed by atoms with Crippen molar-refractivity contribution in [2.45, 2.75) is 13.0 Å². The topological polar surface area (TPSA) is 71.3 Å². The molecule has 1 aliphatic heterocycles. The Morgan fingerprint density at radius 3 is 2.72 bits per heavy atom. The third-order valence-electron chi connectivity index (χ3n) is 4.45. The van der Waals surface area contributed by atoms with Crippen LogP contribution in [0.3, 0.4) is 0 Å². The van der Waals surface area contributed by atoms with Crippen molar-refractivity contribution in [1.29, 1.82) is 0 Å². The number of aromatic nitrogens is 1. The average Bonchev–Trinajstić information content (AvgIpc) is 3.31. The monoisotopic (exact) mass is 410 g/mol. The molecular weight excluding hydrogens is 392 g/mol. The van der Waals surface area contributed by atoms with Gasteiger partial charge < -0.3 is 23.5 Å². The summed E-state index contributed by atoms with van der Waals surface area (Å²) >= 11 is 1.37. The van der Waals surface area contributed by atoms with Crippen molar-refractivity contribution in [3.05, 3.63) is 40.7 Å². The molecule has 2 aromatic carbocycles. The van der Waals surface area contributed by atoms with Crippen LogP contribution in [-0.4, -0.2) is 31.5 Å². The van der Waals surface area contributed by atoms with E-state index in [1.807, 2.05) is 22.8 Å². The fourth-order valence-electron chi connectivity index (χ4n) is 3.10. The smallest absolute Gasteiger partial charge is 0.252 e. The van der Waals surface area contributed by atoms with Crippen molar-refractivity contribution in [3.63, 3.8) is 0 Å². The first-order valence-electron chi connectivity index (χ1n) is 8.78. The maximum absolute atomic E-state index is 12.6. The number of rotatable bonds is 5. The first-order chi connectivity index (χ1) is 14.1. The van der Waals surface area contributed by atoms with Crippen LogP contribution in [0.4, 0.5) is 0 Å². The van der Waals surface area contributed by atoms with Gasteiger partial charge in [-0.15, -0.1) is 6.42 Å². The number of hydrogen-bond acceptors (Lipinski definition) is 6. The van der Waals surface area contributed by atoms with Crippen LogP contribution in [-0.2, 0) is 17.8 Å². The highest BCUT2D eigenvalue weighted by Crippen LogP contribution is 2.34. The summed E-state index contributed by atoms with van der Waals surface area (Å²) in [5.41, 5.74) is 1.64. The van der Waals surface area contributed by atoms with Crippen LogP contribution in [0, 0.1) is 12.3 Å². The standard InChI is InChI=1S/C21H18N2O5S/c1-4-7-23-14-10-16(25-2)17(26-3)11-19(14)29-21(23)22-20(24)9-13-5-6-15-18(8-13)28-12-27-15/h1,5-6,8,10-11H,7,9,12H2,2-3H3. The van der Waals surface area contributed by atoms with E-state index < -0.39 is 0 Å². The van der Waals surface area contributed by atoms with Gasteiger partial charge in [0.05, 0.1) is 37.4 Å².